The molecule has 0 N–H and O–H groups in total. The van der Waals surface area contributed by atoms with Crippen LogP contribution in [-0.4, -0.2) is 73.5 Å². The van der Waals surface area contributed by atoms with Crippen LogP contribution >= 0.6 is 0 Å². The van der Waals surface area contributed by atoms with E-state index >= 15 is 0 Å². The Hall–Kier alpha value is -3.88. The third-order valence-corrected chi connectivity index (χ3v) is 5.41. The van der Waals surface area contributed by atoms with Crippen molar-refractivity contribution < 1.29 is 19.0 Å². The predicted octanol–water partition coefficient (Wildman–Crippen LogP) is 2.53. The van der Waals surface area contributed by atoms with Crippen LogP contribution in [0.5, 0.6) is 17.2 Å². The molecule has 3 heterocycles. The number of rotatable bonds is 6. The Morgan fingerprint density at radius 1 is 0.906 bits per heavy atom. The molecule has 0 radical (unpaired) electrons. The molecule has 0 bridgehead atoms. The van der Waals surface area contributed by atoms with Gasteiger partial charge in [0.15, 0.2) is 17.3 Å². The van der Waals surface area contributed by atoms with E-state index in [1.54, 1.807) is 24.5 Å². The van der Waals surface area contributed by atoms with E-state index < -0.39 is 0 Å². The van der Waals surface area contributed by atoms with Gasteiger partial charge in [-0.15, -0.1) is 10.2 Å². The van der Waals surface area contributed by atoms with Gasteiger partial charge in [0.1, 0.15) is 0 Å². The molecular weight excluding hydrogens is 410 g/mol. The third-order valence-electron chi connectivity index (χ3n) is 5.41. The van der Waals surface area contributed by atoms with Crippen molar-refractivity contribution in [2.75, 3.05) is 52.4 Å². The first-order valence-corrected chi connectivity index (χ1v) is 10.2. The van der Waals surface area contributed by atoms with Crippen LogP contribution in [0.2, 0.25) is 0 Å². The fraction of sp³-hybridized carbons (Fsp3) is 0.304. The number of hydrogen-bond acceptors (Lipinski definition) is 8. The van der Waals surface area contributed by atoms with Crippen molar-refractivity contribution in [3.05, 3.63) is 54.4 Å². The summed E-state index contributed by atoms with van der Waals surface area (Å²) in [4.78, 5) is 21.2. The molecule has 0 spiro atoms. The fourth-order valence-corrected chi connectivity index (χ4v) is 3.69. The van der Waals surface area contributed by atoms with Crippen molar-refractivity contribution in [3.8, 4) is 28.5 Å². The standard InChI is InChI=1S/C23H25N5O4/c1-30-19-13-17(14-20(31-2)22(19)32-3)23(29)28-11-9-27(10-12-28)21-7-6-18(25-26-21)16-5-4-8-24-15-16/h4-8,13-15H,9-12H2,1-3H3. The zero-order valence-corrected chi connectivity index (χ0v) is 18.3. The van der Waals surface area contributed by atoms with Crippen molar-refractivity contribution in [1.29, 1.82) is 0 Å². The van der Waals surface area contributed by atoms with E-state index in [9.17, 15) is 4.79 Å². The highest BCUT2D eigenvalue weighted by Crippen LogP contribution is 2.38. The molecule has 1 aliphatic heterocycles. The lowest BCUT2D eigenvalue weighted by molar-refractivity contribution is 0.0745. The number of amides is 1. The van der Waals surface area contributed by atoms with E-state index in [2.05, 4.69) is 20.1 Å². The first-order valence-electron chi connectivity index (χ1n) is 10.2. The van der Waals surface area contributed by atoms with Crippen LogP contribution < -0.4 is 19.1 Å². The fourth-order valence-electron chi connectivity index (χ4n) is 3.69. The van der Waals surface area contributed by atoms with E-state index in [1.165, 1.54) is 21.3 Å². The highest BCUT2D eigenvalue weighted by molar-refractivity contribution is 5.95. The summed E-state index contributed by atoms with van der Waals surface area (Å²) < 4.78 is 16.1. The number of carbonyl (C=O) groups excluding carboxylic acids is 1. The zero-order chi connectivity index (χ0) is 22.5. The summed E-state index contributed by atoms with van der Waals surface area (Å²) in [5, 5.41) is 8.70. The molecule has 3 aromatic rings. The highest BCUT2D eigenvalue weighted by Gasteiger charge is 2.25. The van der Waals surface area contributed by atoms with Gasteiger partial charge in [-0.3, -0.25) is 9.78 Å². The largest absolute Gasteiger partial charge is 0.493 e. The Morgan fingerprint density at radius 3 is 2.16 bits per heavy atom. The van der Waals surface area contributed by atoms with Crippen molar-refractivity contribution in [3.63, 3.8) is 0 Å². The number of ether oxygens (including phenoxy) is 3. The number of hydrogen-bond donors (Lipinski definition) is 0. The van der Waals surface area contributed by atoms with E-state index in [-0.39, 0.29) is 5.91 Å². The molecule has 1 aliphatic rings. The monoisotopic (exact) mass is 435 g/mol. The molecule has 1 aromatic carbocycles. The number of methoxy groups -OCH3 is 3. The van der Waals surface area contributed by atoms with Crippen LogP contribution in [0.1, 0.15) is 10.4 Å². The van der Waals surface area contributed by atoms with Gasteiger partial charge in [-0.2, -0.15) is 0 Å². The molecule has 166 valence electrons. The van der Waals surface area contributed by atoms with Gasteiger partial charge in [0, 0.05) is 49.7 Å². The Balaban J connectivity index is 1.43. The maximum Gasteiger partial charge on any atom is 0.254 e. The summed E-state index contributed by atoms with van der Waals surface area (Å²) >= 11 is 0. The van der Waals surface area contributed by atoms with Gasteiger partial charge >= 0.3 is 0 Å². The number of piperazine rings is 1. The lowest BCUT2D eigenvalue weighted by atomic mass is 10.1. The van der Waals surface area contributed by atoms with Crippen LogP contribution in [-0.2, 0) is 0 Å². The average Bonchev–Trinajstić information content (AvgIpc) is 2.88. The topological polar surface area (TPSA) is 89.9 Å². The second-order valence-electron chi connectivity index (χ2n) is 7.21. The molecule has 9 heteroatoms. The quantitative estimate of drug-likeness (QED) is 0.584. The Bertz CT molecular complexity index is 1040. The second-order valence-corrected chi connectivity index (χ2v) is 7.21. The third kappa shape index (κ3) is 4.27. The maximum absolute atomic E-state index is 13.1. The lowest BCUT2D eigenvalue weighted by Gasteiger charge is -2.35. The van der Waals surface area contributed by atoms with E-state index in [0.717, 1.165) is 17.1 Å². The van der Waals surface area contributed by atoms with E-state index in [0.29, 0.717) is 49.0 Å². The number of nitrogens with zero attached hydrogens (tertiary/aromatic N) is 5. The van der Waals surface area contributed by atoms with Crippen molar-refractivity contribution in [1.82, 2.24) is 20.1 Å². The second kappa shape index (κ2) is 9.51. The molecule has 2 aromatic heterocycles. The summed E-state index contributed by atoms with van der Waals surface area (Å²) in [7, 11) is 4.60. The molecular formula is C23H25N5O4. The summed E-state index contributed by atoms with van der Waals surface area (Å²) in [6.45, 7) is 2.47. The van der Waals surface area contributed by atoms with Crippen LogP contribution in [0.3, 0.4) is 0 Å². The predicted molar refractivity (Wildman–Crippen MR) is 119 cm³/mol. The Morgan fingerprint density at radius 2 is 1.62 bits per heavy atom. The van der Waals surface area contributed by atoms with Gasteiger partial charge in [0.05, 0.1) is 27.0 Å². The first-order chi connectivity index (χ1) is 15.6. The van der Waals surface area contributed by atoms with Crippen LogP contribution in [0.15, 0.2) is 48.8 Å². The highest BCUT2D eigenvalue weighted by atomic mass is 16.5. The molecule has 1 saturated heterocycles. The maximum atomic E-state index is 13.1. The normalized spacial score (nSPS) is 13.6. The molecule has 1 amide bonds. The number of benzene rings is 1. The number of pyridine rings is 1. The van der Waals surface area contributed by atoms with E-state index in [4.69, 9.17) is 14.2 Å². The van der Waals surface area contributed by atoms with Crippen LogP contribution in [0, 0.1) is 0 Å². The van der Waals surface area contributed by atoms with Crippen molar-refractivity contribution in [2.24, 2.45) is 0 Å². The van der Waals surface area contributed by atoms with E-state index in [1.807, 2.05) is 29.2 Å². The molecule has 0 atom stereocenters. The Kier molecular flexibility index (Phi) is 6.34. The SMILES string of the molecule is COc1cc(C(=O)N2CCN(c3ccc(-c4cccnc4)nn3)CC2)cc(OC)c1OC. The molecule has 4 rings (SSSR count). The van der Waals surface area contributed by atoms with Gasteiger partial charge in [-0.05, 0) is 36.4 Å². The average molecular weight is 435 g/mol. The van der Waals surface area contributed by atoms with Crippen LogP contribution in [0.4, 0.5) is 5.82 Å². The summed E-state index contributed by atoms with van der Waals surface area (Å²) in [5.41, 5.74) is 2.19. The minimum absolute atomic E-state index is 0.0816. The number of anilines is 1. The molecule has 32 heavy (non-hydrogen) atoms. The van der Waals surface area contributed by atoms with Gasteiger partial charge in [-0.1, -0.05) is 0 Å². The van der Waals surface area contributed by atoms with Gasteiger partial charge in [-0.25, -0.2) is 0 Å². The van der Waals surface area contributed by atoms with Crippen LogP contribution in [0.25, 0.3) is 11.3 Å². The molecule has 9 nitrogen and oxygen atoms in total. The molecule has 0 saturated carbocycles. The summed E-state index contributed by atoms with van der Waals surface area (Å²) in [5.74, 6) is 2.08. The number of carbonyl (C=O) groups is 1. The molecule has 0 unspecified atom stereocenters. The zero-order valence-electron chi connectivity index (χ0n) is 18.3. The summed E-state index contributed by atoms with van der Waals surface area (Å²) in [6, 6.07) is 11.1. The smallest absolute Gasteiger partial charge is 0.254 e. The van der Waals surface area contributed by atoms with Gasteiger partial charge < -0.3 is 24.0 Å². The van der Waals surface area contributed by atoms with Gasteiger partial charge in [0.2, 0.25) is 5.75 Å². The number of aromatic nitrogens is 3. The lowest BCUT2D eigenvalue weighted by Crippen LogP contribution is -2.49. The minimum atomic E-state index is -0.0816. The van der Waals surface area contributed by atoms with Crippen molar-refractivity contribution >= 4 is 11.7 Å². The summed E-state index contributed by atoms with van der Waals surface area (Å²) in [6.07, 6.45) is 3.49. The van der Waals surface area contributed by atoms with Gasteiger partial charge in [0.25, 0.3) is 5.91 Å². The molecule has 1 fully saturated rings. The molecule has 0 aliphatic carbocycles. The minimum Gasteiger partial charge on any atom is -0.493 e. The van der Waals surface area contributed by atoms with Crippen molar-refractivity contribution in [2.45, 2.75) is 0 Å². The first kappa shape index (κ1) is 21.4. The Labute approximate surface area is 186 Å².